The molecule has 0 saturated carbocycles. The van der Waals surface area contributed by atoms with Crippen LogP contribution in [-0.2, 0) is 10.0 Å². The first-order valence-electron chi connectivity index (χ1n) is 9.51. The van der Waals surface area contributed by atoms with Gasteiger partial charge in [0.2, 0.25) is 16.0 Å². The smallest absolute Gasteiger partial charge is 0.243 e. The molecule has 1 saturated heterocycles. The van der Waals surface area contributed by atoms with Crippen LogP contribution in [0.4, 0.5) is 11.8 Å². The molecule has 10 heteroatoms. The number of rotatable bonds is 6. The highest BCUT2D eigenvalue weighted by molar-refractivity contribution is 7.89. The molecule has 9 nitrogen and oxygen atoms in total. The molecular weight excluding hydrogens is 404 g/mol. The lowest BCUT2D eigenvalue weighted by atomic mass is 10.2. The fourth-order valence-electron chi connectivity index (χ4n) is 3.55. The van der Waals surface area contributed by atoms with E-state index in [1.807, 2.05) is 6.92 Å². The Hall–Kier alpha value is -3.11. The number of aromatic nitrogens is 4. The molecule has 30 heavy (non-hydrogen) atoms. The highest BCUT2D eigenvalue weighted by atomic mass is 32.2. The van der Waals surface area contributed by atoms with Crippen LogP contribution in [0.25, 0.3) is 0 Å². The molecular formula is C20H22N6O3S. The van der Waals surface area contributed by atoms with E-state index in [-0.39, 0.29) is 10.9 Å². The molecule has 0 unspecified atom stereocenters. The normalized spacial score (nSPS) is 17.1. The first-order valence-corrected chi connectivity index (χ1v) is 11.0. The molecule has 0 amide bonds. The van der Waals surface area contributed by atoms with Crippen molar-refractivity contribution in [1.29, 1.82) is 0 Å². The van der Waals surface area contributed by atoms with Crippen molar-refractivity contribution in [3.8, 4) is 5.75 Å². The van der Waals surface area contributed by atoms with Crippen molar-refractivity contribution in [2.24, 2.45) is 0 Å². The summed E-state index contributed by atoms with van der Waals surface area (Å²) in [5.74, 6) is 1.51. The molecule has 3 aromatic rings. The monoisotopic (exact) mass is 426 g/mol. The molecule has 0 radical (unpaired) electrons. The molecule has 156 valence electrons. The highest BCUT2D eigenvalue weighted by Gasteiger charge is 2.37. The van der Waals surface area contributed by atoms with E-state index in [2.05, 4.69) is 25.3 Å². The second kappa shape index (κ2) is 8.33. The first-order chi connectivity index (χ1) is 14.5. The molecule has 0 bridgehead atoms. The summed E-state index contributed by atoms with van der Waals surface area (Å²) < 4.78 is 33.4. The van der Waals surface area contributed by atoms with Crippen LogP contribution in [0.1, 0.15) is 30.1 Å². The minimum absolute atomic E-state index is 0.243. The zero-order valence-corrected chi connectivity index (χ0v) is 17.5. The number of benzene rings is 1. The summed E-state index contributed by atoms with van der Waals surface area (Å²) in [5, 5.41) is 3.00. The molecule has 1 fully saturated rings. The number of sulfonamides is 1. The number of ether oxygens (including phenoxy) is 1. The summed E-state index contributed by atoms with van der Waals surface area (Å²) in [5.41, 5.74) is 1.35. The molecule has 2 aromatic heterocycles. The Labute approximate surface area is 175 Å². The predicted octanol–water partition coefficient (Wildman–Crippen LogP) is 2.85. The third-order valence-corrected chi connectivity index (χ3v) is 6.88. The van der Waals surface area contributed by atoms with Gasteiger partial charge in [0.05, 0.1) is 36.1 Å². The summed E-state index contributed by atoms with van der Waals surface area (Å²) in [6, 6.07) is 6.23. The average Bonchev–Trinajstić information content (AvgIpc) is 3.25. The lowest BCUT2D eigenvalue weighted by molar-refractivity contribution is 0.389. The van der Waals surface area contributed by atoms with Crippen LogP contribution in [0.15, 0.2) is 53.9 Å². The molecule has 0 spiro atoms. The van der Waals surface area contributed by atoms with Crippen molar-refractivity contribution in [2.45, 2.75) is 30.7 Å². The van der Waals surface area contributed by atoms with E-state index in [9.17, 15) is 8.42 Å². The second-order valence-corrected chi connectivity index (χ2v) is 8.82. The third kappa shape index (κ3) is 3.96. The Balaban J connectivity index is 1.62. The maximum absolute atomic E-state index is 13.3. The first kappa shape index (κ1) is 20.2. The fourth-order valence-corrected chi connectivity index (χ4v) is 5.30. The van der Waals surface area contributed by atoms with Crippen LogP contribution in [-0.4, -0.2) is 46.3 Å². The predicted molar refractivity (Wildman–Crippen MR) is 111 cm³/mol. The van der Waals surface area contributed by atoms with Gasteiger partial charge in [-0.1, -0.05) is 0 Å². The van der Waals surface area contributed by atoms with Crippen molar-refractivity contribution in [3.63, 3.8) is 0 Å². The second-order valence-electron chi connectivity index (χ2n) is 6.93. The lowest BCUT2D eigenvalue weighted by Crippen LogP contribution is -2.31. The minimum Gasteiger partial charge on any atom is -0.496 e. The number of nitrogens with zero attached hydrogens (tertiary/aromatic N) is 5. The molecule has 1 aliphatic rings. The summed E-state index contributed by atoms with van der Waals surface area (Å²) in [7, 11) is -2.13. The summed E-state index contributed by atoms with van der Waals surface area (Å²) in [6.45, 7) is 2.25. The largest absolute Gasteiger partial charge is 0.496 e. The minimum atomic E-state index is -3.69. The van der Waals surface area contributed by atoms with E-state index in [1.54, 1.807) is 56.2 Å². The standard InChI is InChI=1S/C20H22N6O3S/c1-14-11-15(6-7-18(14)29-2)30(27,28)26-10-3-5-17(26)16-12-21-13-19(24-16)25-20-22-8-4-9-23-20/h4,6-9,11-13,17H,3,5,10H2,1-2H3,(H,22,23,24,25)/t17-/m1/s1. The van der Waals surface area contributed by atoms with Gasteiger partial charge in [0.1, 0.15) is 5.75 Å². The number of hydrogen-bond donors (Lipinski definition) is 1. The van der Waals surface area contributed by atoms with Crippen molar-refractivity contribution in [1.82, 2.24) is 24.2 Å². The van der Waals surface area contributed by atoms with Gasteiger partial charge in [-0.3, -0.25) is 4.98 Å². The Morgan fingerprint density at radius 2 is 2.00 bits per heavy atom. The van der Waals surface area contributed by atoms with Gasteiger partial charge in [0, 0.05) is 18.9 Å². The van der Waals surface area contributed by atoms with E-state index in [0.717, 1.165) is 12.0 Å². The zero-order valence-electron chi connectivity index (χ0n) is 16.7. The molecule has 1 aromatic carbocycles. The van der Waals surface area contributed by atoms with Gasteiger partial charge in [0.25, 0.3) is 0 Å². The quantitative estimate of drug-likeness (QED) is 0.641. The van der Waals surface area contributed by atoms with Gasteiger partial charge in [-0.25, -0.2) is 23.4 Å². The maximum atomic E-state index is 13.3. The number of anilines is 2. The number of nitrogens with one attached hydrogen (secondary N) is 1. The summed E-state index contributed by atoms with van der Waals surface area (Å²) >= 11 is 0. The summed E-state index contributed by atoms with van der Waals surface area (Å²) in [4.78, 5) is 17.3. The molecule has 3 heterocycles. The van der Waals surface area contributed by atoms with Crippen molar-refractivity contribution < 1.29 is 13.2 Å². The van der Waals surface area contributed by atoms with Crippen LogP contribution in [0.3, 0.4) is 0 Å². The van der Waals surface area contributed by atoms with Crippen LogP contribution >= 0.6 is 0 Å². The van der Waals surface area contributed by atoms with E-state index < -0.39 is 10.0 Å². The average molecular weight is 427 g/mol. The van der Waals surface area contributed by atoms with Gasteiger partial charge in [-0.15, -0.1) is 0 Å². The van der Waals surface area contributed by atoms with Gasteiger partial charge < -0.3 is 10.1 Å². The van der Waals surface area contributed by atoms with Crippen LogP contribution in [0.2, 0.25) is 0 Å². The molecule has 1 atom stereocenters. The van der Waals surface area contributed by atoms with Gasteiger partial charge in [-0.05, 0) is 49.6 Å². The number of hydrogen-bond acceptors (Lipinski definition) is 8. The molecule has 4 rings (SSSR count). The number of aryl methyl sites for hydroxylation is 1. The van der Waals surface area contributed by atoms with E-state index in [1.165, 1.54) is 4.31 Å². The van der Waals surface area contributed by atoms with Crippen molar-refractivity contribution in [3.05, 3.63) is 60.3 Å². The molecule has 1 aliphatic heterocycles. The van der Waals surface area contributed by atoms with E-state index >= 15 is 0 Å². The van der Waals surface area contributed by atoms with Crippen LogP contribution in [0, 0.1) is 6.92 Å². The zero-order chi connectivity index (χ0) is 21.1. The van der Waals surface area contributed by atoms with E-state index in [0.29, 0.717) is 36.2 Å². The van der Waals surface area contributed by atoms with Crippen LogP contribution in [0.5, 0.6) is 5.75 Å². The van der Waals surface area contributed by atoms with Crippen molar-refractivity contribution in [2.75, 3.05) is 19.0 Å². The lowest BCUT2D eigenvalue weighted by Gasteiger charge is -2.24. The molecule has 0 aliphatic carbocycles. The Kier molecular flexibility index (Phi) is 5.60. The number of methoxy groups -OCH3 is 1. The Morgan fingerprint density at radius 1 is 1.20 bits per heavy atom. The van der Waals surface area contributed by atoms with E-state index in [4.69, 9.17) is 4.74 Å². The maximum Gasteiger partial charge on any atom is 0.243 e. The van der Waals surface area contributed by atoms with Crippen molar-refractivity contribution >= 4 is 21.8 Å². The van der Waals surface area contributed by atoms with Gasteiger partial charge in [0.15, 0.2) is 5.82 Å². The fraction of sp³-hybridized carbons (Fsp3) is 0.300. The molecule has 1 N–H and O–H groups in total. The topological polar surface area (TPSA) is 110 Å². The van der Waals surface area contributed by atoms with Gasteiger partial charge in [-0.2, -0.15) is 4.31 Å². The third-order valence-electron chi connectivity index (χ3n) is 4.98. The SMILES string of the molecule is COc1ccc(S(=O)(=O)N2CCC[C@@H]2c2cncc(Nc3ncccn3)n2)cc1C. The van der Waals surface area contributed by atoms with Gasteiger partial charge >= 0.3 is 0 Å². The highest BCUT2D eigenvalue weighted by Crippen LogP contribution is 2.36. The Bertz CT molecular complexity index is 1140. The van der Waals surface area contributed by atoms with Crippen LogP contribution < -0.4 is 10.1 Å². The Morgan fingerprint density at radius 3 is 2.73 bits per heavy atom. The summed E-state index contributed by atoms with van der Waals surface area (Å²) in [6.07, 6.45) is 7.83.